The molecular formula is C41H52N4O3. The highest BCUT2D eigenvalue weighted by atomic mass is 16.3. The summed E-state index contributed by atoms with van der Waals surface area (Å²) in [5, 5.41) is 12.3. The number of benzene rings is 2. The van der Waals surface area contributed by atoms with Crippen molar-refractivity contribution < 1.29 is 14.7 Å². The van der Waals surface area contributed by atoms with Crippen LogP contribution in [0, 0.1) is 5.41 Å². The molecule has 1 N–H and O–H groups in total. The lowest BCUT2D eigenvalue weighted by atomic mass is 9.80. The topological polar surface area (TPSA) is 78.7 Å². The molecule has 2 atom stereocenters. The summed E-state index contributed by atoms with van der Waals surface area (Å²) in [5.41, 5.74) is 9.61. The monoisotopic (exact) mass is 648 g/mol. The quantitative estimate of drug-likeness (QED) is 0.149. The second-order valence-electron chi connectivity index (χ2n) is 14.7. The maximum atomic E-state index is 11.5. The zero-order valence-corrected chi connectivity index (χ0v) is 29.3. The maximum absolute atomic E-state index is 11.5. The molecule has 2 aromatic heterocycles. The van der Waals surface area contributed by atoms with Crippen molar-refractivity contribution in [1.82, 2.24) is 14.5 Å². The molecule has 0 aliphatic carbocycles. The molecule has 2 aliphatic rings. The number of aromatic nitrogens is 2. The molecule has 2 fully saturated rings. The Morgan fingerprint density at radius 2 is 1.81 bits per heavy atom. The molecule has 254 valence electrons. The third-order valence-corrected chi connectivity index (χ3v) is 10.6. The van der Waals surface area contributed by atoms with Crippen LogP contribution in [-0.4, -0.2) is 64.4 Å². The van der Waals surface area contributed by atoms with Crippen LogP contribution >= 0.6 is 0 Å². The number of pyridine rings is 1. The van der Waals surface area contributed by atoms with Crippen LogP contribution in [0.1, 0.15) is 89.1 Å². The SMILES string of the molecule is CCn1c(-c2cc(N3CCN4CCCCC4C3)cnc2C(C)O)c(CC(C)(C)CCC=O)c2cc(-c3cccc(CCC=O)c3)ccc21. The van der Waals surface area contributed by atoms with E-state index in [-0.39, 0.29) is 5.41 Å². The van der Waals surface area contributed by atoms with Gasteiger partial charge >= 0.3 is 0 Å². The number of anilines is 1. The summed E-state index contributed by atoms with van der Waals surface area (Å²) >= 11 is 0. The Balaban J connectivity index is 1.52. The van der Waals surface area contributed by atoms with Crippen molar-refractivity contribution in [1.29, 1.82) is 0 Å². The molecule has 7 nitrogen and oxygen atoms in total. The van der Waals surface area contributed by atoms with Gasteiger partial charge in [-0.2, -0.15) is 0 Å². The van der Waals surface area contributed by atoms with Crippen molar-refractivity contribution in [3.63, 3.8) is 0 Å². The van der Waals surface area contributed by atoms with Crippen molar-refractivity contribution in [3.8, 4) is 22.4 Å². The first-order chi connectivity index (χ1) is 23.2. The molecule has 4 aromatic rings. The Bertz CT molecular complexity index is 1760. The van der Waals surface area contributed by atoms with Gasteiger partial charge in [-0.1, -0.05) is 50.6 Å². The van der Waals surface area contributed by atoms with Gasteiger partial charge in [0.05, 0.1) is 29.4 Å². The molecule has 0 spiro atoms. The van der Waals surface area contributed by atoms with Crippen LogP contribution in [0.15, 0.2) is 54.7 Å². The average molecular weight is 649 g/mol. The van der Waals surface area contributed by atoms with Crippen LogP contribution in [0.5, 0.6) is 0 Å². The molecule has 0 bridgehead atoms. The van der Waals surface area contributed by atoms with Gasteiger partial charge in [-0.25, -0.2) is 0 Å². The first-order valence-electron chi connectivity index (χ1n) is 18.0. The number of nitrogens with zero attached hydrogens (tertiary/aromatic N) is 4. The van der Waals surface area contributed by atoms with E-state index in [9.17, 15) is 14.7 Å². The number of aryl methyl sites for hydroxylation is 2. The Kier molecular flexibility index (Phi) is 10.5. The minimum absolute atomic E-state index is 0.124. The molecular weight excluding hydrogens is 596 g/mol. The molecule has 2 aromatic carbocycles. The number of hydrogen-bond acceptors (Lipinski definition) is 6. The van der Waals surface area contributed by atoms with E-state index in [0.29, 0.717) is 24.6 Å². The lowest BCUT2D eigenvalue weighted by Crippen LogP contribution is -2.54. The molecule has 2 saturated heterocycles. The number of aldehydes is 2. The Morgan fingerprint density at radius 1 is 1.00 bits per heavy atom. The minimum Gasteiger partial charge on any atom is -0.387 e. The minimum atomic E-state index is -0.729. The van der Waals surface area contributed by atoms with Crippen LogP contribution in [-0.2, 0) is 29.0 Å². The summed E-state index contributed by atoms with van der Waals surface area (Å²) in [5.74, 6) is 0. The lowest BCUT2D eigenvalue weighted by Gasteiger charge is -2.45. The van der Waals surface area contributed by atoms with Crippen LogP contribution in [0.3, 0.4) is 0 Å². The highest BCUT2D eigenvalue weighted by Crippen LogP contribution is 2.43. The van der Waals surface area contributed by atoms with E-state index in [1.807, 2.05) is 13.1 Å². The molecule has 48 heavy (non-hydrogen) atoms. The van der Waals surface area contributed by atoms with Crippen LogP contribution in [0.4, 0.5) is 5.69 Å². The number of hydrogen-bond donors (Lipinski definition) is 1. The fourth-order valence-electron chi connectivity index (χ4n) is 8.12. The van der Waals surface area contributed by atoms with Crippen molar-refractivity contribution in [2.75, 3.05) is 31.1 Å². The van der Waals surface area contributed by atoms with Crippen molar-refractivity contribution in [2.24, 2.45) is 5.41 Å². The summed E-state index contributed by atoms with van der Waals surface area (Å²) < 4.78 is 2.40. The van der Waals surface area contributed by atoms with Gasteiger partial charge in [-0.05, 0) is 98.4 Å². The van der Waals surface area contributed by atoms with E-state index >= 15 is 0 Å². The zero-order valence-electron chi connectivity index (χ0n) is 29.3. The number of piperazine rings is 1. The summed E-state index contributed by atoms with van der Waals surface area (Å²) in [4.78, 5) is 32.7. The van der Waals surface area contributed by atoms with E-state index in [4.69, 9.17) is 4.98 Å². The summed E-state index contributed by atoms with van der Waals surface area (Å²) in [7, 11) is 0. The van der Waals surface area contributed by atoms with E-state index in [0.717, 1.165) is 97.2 Å². The normalized spacial score (nSPS) is 17.8. The first kappa shape index (κ1) is 34.1. The van der Waals surface area contributed by atoms with Crippen molar-refractivity contribution >= 4 is 29.2 Å². The van der Waals surface area contributed by atoms with Gasteiger partial charge in [0.2, 0.25) is 0 Å². The Labute approximate surface area is 286 Å². The highest BCUT2D eigenvalue weighted by molar-refractivity contribution is 5.95. The van der Waals surface area contributed by atoms with Gasteiger partial charge in [0.15, 0.2) is 0 Å². The smallest absolute Gasteiger partial charge is 0.120 e. The lowest BCUT2D eigenvalue weighted by molar-refractivity contribution is -0.108. The number of carbonyl (C=O) groups is 2. The van der Waals surface area contributed by atoms with Gasteiger partial charge < -0.3 is 24.2 Å². The number of aliphatic hydroxyl groups excluding tert-OH is 1. The second kappa shape index (κ2) is 14.8. The largest absolute Gasteiger partial charge is 0.387 e. The predicted molar refractivity (Wildman–Crippen MR) is 196 cm³/mol. The number of fused-ring (bicyclic) bond motifs is 2. The fourth-order valence-corrected chi connectivity index (χ4v) is 8.12. The molecule has 0 saturated carbocycles. The summed E-state index contributed by atoms with van der Waals surface area (Å²) in [6.07, 6.45) is 10.4. The van der Waals surface area contributed by atoms with Crippen LogP contribution in [0.2, 0.25) is 0 Å². The molecule has 0 amide bonds. The molecule has 6 rings (SSSR count). The van der Waals surface area contributed by atoms with Gasteiger partial charge in [0, 0.05) is 61.5 Å². The van der Waals surface area contributed by atoms with E-state index in [1.54, 1.807) is 0 Å². The van der Waals surface area contributed by atoms with Crippen molar-refractivity contribution in [3.05, 3.63) is 71.5 Å². The molecule has 0 radical (unpaired) electrons. The van der Waals surface area contributed by atoms with Gasteiger partial charge in [0.1, 0.15) is 12.6 Å². The van der Waals surface area contributed by atoms with Gasteiger partial charge in [-0.15, -0.1) is 0 Å². The summed E-state index contributed by atoms with van der Waals surface area (Å²) in [6.45, 7) is 13.5. The van der Waals surface area contributed by atoms with Gasteiger partial charge in [-0.3, -0.25) is 9.88 Å². The Hall–Kier alpha value is -3.81. The van der Waals surface area contributed by atoms with E-state index < -0.39 is 6.10 Å². The Morgan fingerprint density at radius 3 is 2.58 bits per heavy atom. The molecule has 7 heteroatoms. The fraction of sp³-hybridized carbons (Fsp3) is 0.488. The third kappa shape index (κ3) is 7.13. The standard InChI is InChI=1S/C41H52N4O3/c1-5-45-38-16-15-32(31-13-8-11-30(23-31)12-9-21-46)24-35(38)37(26-41(3,4)17-10-22-47)40(45)36-25-34(27-42-39(36)29(2)48)44-20-19-43-18-7-6-14-33(43)28-44/h8,11,13,15-16,21-25,27,29,33,48H,5-7,9-10,12,14,17-20,26,28H2,1-4H3. The molecule has 2 aliphatic heterocycles. The number of rotatable bonds is 13. The van der Waals surface area contributed by atoms with Gasteiger partial charge in [0.25, 0.3) is 0 Å². The zero-order chi connectivity index (χ0) is 33.8. The summed E-state index contributed by atoms with van der Waals surface area (Å²) in [6, 6.07) is 18.1. The maximum Gasteiger partial charge on any atom is 0.120 e. The van der Waals surface area contributed by atoms with Crippen LogP contribution in [0.25, 0.3) is 33.3 Å². The first-order valence-corrected chi connectivity index (χ1v) is 18.0. The van der Waals surface area contributed by atoms with E-state index in [1.165, 1.54) is 36.8 Å². The number of piperidine rings is 1. The van der Waals surface area contributed by atoms with Crippen molar-refractivity contribution in [2.45, 2.75) is 97.8 Å². The predicted octanol–water partition coefficient (Wildman–Crippen LogP) is 7.80. The average Bonchev–Trinajstić information content (AvgIpc) is 3.40. The van der Waals surface area contributed by atoms with Crippen LogP contribution < -0.4 is 4.90 Å². The number of carbonyl (C=O) groups excluding carboxylic acids is 2. The third-order valence-electron chi connectivity index (χ3n) is 10.6. The second-order valence-corrected chi connectivity index (χ2v) is 14.7. The molecule has 4 heterocycles. The van der Waals surface area contributed by atoms with E-state index in [2.05, 4.69) is 83.7 Å². The highest BCUT2D eigenvalue weighted by Gasteiger charge is 2.31. The number of aliphatic hydroxyl groups is 1. The molecule has 2 unspecified atom stereocenters.